The van der Waals surface area contributed by atoms with E-state index in [0.29, 0.717) is 18.1 Å². The Labute approximate surface area is 109 Å². The highest BCUT2D eigenvalue weighted by Crippen LogP contribution is 2.13. The second-order valence-electron chi connectivity index (χ2n) is 3.98. The second kappa shape index (κ2) is 4.89. The fraction of sp³-hybridized carbons (Fsp3) is 0.0714. The van der Waals surface area contributed by atoms with Gasteiger partial charge in [0.15, 0.2) is 0 Å². The maximum Gasteiger partial charge on any atom is 0.258 e. The Bertz CT molecular complexity index is 753. The summed E-state index contributed by atoms with van der Waals surface area (Å²) < 4.78 is 7.04. The highest BCUT2D eigenvalue weighted by atomic mass is 16.5. The van der Waals surface area contributed by atoms with Crippen molar-refractivity contribution in [3.8, 4) is 5.88 Å². The van der Waals surface area contributed by atoms with Gasteiger partial charge in [-0.2, -0.15) is 0 Å². The van der Waals surface area contributed by atoms with Crippen LogP contribution in [0.4, 0.5) is 0 Å². The number of aromatic nitrogens is 3. The van der Waals surface area contributed by atoms with E-state index in [4.69, 9.17) is 4.74 Å². The van der Waals surface area contributed by atoms with Crippen LogP contribution in [0.2, 0.25) is 0 Å². The van der Waals surface area contributed by atoms with Crippen LogP contribution in [0.1, 0.15) is 5.56 Å². The summed E-state index contributed by atoms with van der Waals surface area (Å²) in [6.45, 7) is 0.387. The molecule has 0 bridgehead atoms. The molecule has 0 aliphatic heterocycles. The van der Waals surface area contributed by atoms with Gasteiger partial charge in [-0.15, -0.1) is 0 Å². The molecule has 0 saturated heterocycles. The lowest BCUT2D eigenvalue weighted by molar-refractivity contribution is 0.295. The first-order chi connectivity index (χ1) is 9.34. The summed E-state index contributed by atoms with van der Waals surface area (Å²) in [5.41, 5.74) is 1.30. The lowest BCUT2D eigenvalue weighted by atomic mass is 10.2. The van der Waals surface area contributed by atoms with Crippen molar-refractivity contribution in [1.82, 2.24) is 14.4 Å². The normalized spacial score (nSPS) is 10.5. The Morgan fingerprint density at radius 1 is 1.05 bits per heavy atom. The molecule has 94 valence electrons. The third-order valence-electron chi connectivity index (χ3n) is 2.70. The van der Waals surface area contributed by atoms with Crippen molar-refractivity contribution < 1.29 is 4.74 Å². The molecule has 19 heavy (non-hydrogen) atoms. The van der Waals surface area contributed by atoms with Gasteiger partial charge in [0, 0.05) is 24.7 Å². The highest BCUT2D eigenvalue weighted by Gasteiger charge is 2.06. The first-order valence-electron chi connectivity index (χ1n) is 5.84. The molecule has 0 radical (unpaired) electrons. The quantitative estimate of drug-likeness (QED) is 0.712. The van der Waals surface area contributed by atoms with E-state index in [1.54, 1.807) is 6.20 Å². The molecule has 0 unspecified atom stereocenters. The van der Waals surface area contributed by atoms with Gasteiger partial charge in [0.25, 0.3) is 11.4 Å². The zero-order valence-electron chi connectivity index (χ0n) is 10.1. The Kier molecular flexibility index (Phi) is 2.94. The molecule has 3 rings (SSSR count). The van der Waals surface area contributed by atoms with Gasteiger partial charge < -0.3 is 4.74 Å². The maximum absolute atomic E-state index is 11.6. The van der Waals surface area contributed by atoms with Crippen LogP contribution in [0.5, 0.6) is 5.88 Å². The zero-order valence-corrected chi connectivity index (χ0v) is 10.1. The van der Waals surface area contributed by atoms with E-state index in [2.05, 4.69) is 9.97 Å². The van der Waals surface area contributed by atoms with Crippen molar-refractivity contribution in [1.29, 1.82) is 0 Å². The molecule has 0 spiro atoms. The SMILES string of the molecule is O=c1ccnc2c(OCc3ccccc3)nccn12. The standard InChI is InChI=1S/C14H11N3O2/c18-12-6-7-15-13-14(16-8-9-17(12)13)19-10-11-4-2-1-3-5-11/h1-9H,10H2. The molecule has 2 heterocycles. The molecule has 0 aliphatic carbocycles. The molecular formula is C14H11N3O2. The predicted molar refractivity (Wildman–Crippen MR) is 70.0 cm³/mol. The number of hydrogen-bond donors (Lipinski definition) is 0. The predicted octanol–water partition coefficient (Wildman–Crippen LogP) is 1.67. The fourth-order valence-electron chi connectivity index (χ4n) is 1.77. The van der Waals surface area contributed by atoms with Gasteiger partial charge >= 0.3 is 0 Å². The van der Waals surface area contributed by atoms with Gasteiger partial charge in [-0.25, -0.2) is 9.97 Å². The topological polar surface area (TPSA) is 56.5 Å². The monoisotopic (exact) mass is 253 g/mol. The molecule has 0 atom stereocenters. The first-order valence-corrected chi connectivity index (χ1v) is 5.84. The summed E-state index contributed by atoms with van der Waals surface area (Å²) in [6.07, 6.45) is 4.55. The van der Waals surface area contributed by atoms with Crippen LogP contribution in [-0.4, -0.2) is 14.4 Å². The van der Waals surface area contributed by atoms with E-state index in [-0.39, 0.29) is 5.56 Å². The van der Waals surface area contributed by atoms with Gasteiger partial charge in [0.05, 0.1) is 0 Å². The van der Waals surface area contributed by atoms with Crippen LogP contribution in [-0.2, 0) is 6.61 Å². The number of hydrogen-bond acceptors (Lipinski definition) is 4. The smallest absolute Gasteiger partial charge is 0.258 e. The molecule has 0 N–H and O–H groups in total. The fourth-order valence-corrected chi connectivity index (χ4v) is 1.77. The maximum atomic E-state index is 11.6. The molecule has 0 amide bonds. The third-order valence-corrected chi connectivity index (χ3v) is 2.70. The Hall–Kier alpha value is -2.69. The van der Waals surface area contributed by atoms with Gasteiger partial charge in [0.2, 0.25) is 5.65 Å². The summed E-state index contributed by atoms with van der Waals surface area (Å²) in [7, 11) is 0. The van der Waals surface area contributed by atoms with Crippen molar-refractivity contribution in [3.63, 3.8) is 0 Å². The largest absolute Gasteiger partial charge is 0.470 e. The summed E-state index contributed by atoms with van der Waals surface area (Å²) in [5, 5.41) is 0. The molecule has 0 fully saturated rings. The minimum Gasteiger partial charge on any atom is -0.470 e. The van der Waals surface area contributed by atoms with Gasteiger partial charge in [-0.3, -0.25) is 9.20 Å². The van der Waals surface area contributed by atoms with Crippen LogP contribution in [0.3, 0.4) is 0 Å². The van der Waals surface area contributed by atoms with Crippen molar-refractivity contribution >= 4 is 5.65 Å². The molecule has 3 aromatic rings. The first kappa shape index (κ1) is 11.4. The Balaban J connectivity index is 1.93. The van der Waals surface area contributed by atoms with E-state index < -0.39 is 0 Å². The van der Waals surface area contributed by atoms with E-state index in [9.17, 15) is 4.79 Å². The number of nitrogens with zero attached hydrogens (tertiary/aromatic N) is 3. The summed E-state index contributed by atoms with van der Waals surface area (Å²) >= 11 is 0. The second-order valence-corrected chi connectivity index (χ2v) is 3.98. The highest BCUT2D eigenvalue weighted by molar-refractivity contribution is 5.47. The molecule has 2 aromatic heterocycles. The number of benzene rings is 1. The van der Waals surface area contributed by atoms with Crippen LogP contribution in [0, 0.1) is 0 Å². The number of ether oxygens (including phenoxy) is 1. The molecule has 5 nitrogen and oxygen atoms in total. The molecule has 0 aliphatic rings. The van der Waals surface area contributed by atoms with Crippen molar-refractivity contribution in [2.24, 2.45) is 0 Å². The third kappa shape index (κ3) is 2.30. The molecule has 5 heteroatoms. The summed E-state index contributed by atoms with van der Waals surface area (Å²) in [6, 6.07) is 11.2. The lowest BCUT2D eigenvalue weighted by Crippen LogP contribution is -2.14. The van der Waals surface area contributed by atoms with Crippen LogP contribution in [0.25, 0.3) is 5.65 Å². The van der Waals surface area contributed by atoms with Crippen molar-refractivity contribution in [2.75, 3.05) is 0 Å². The van der Waals surface area contributed by atoms with E-state index in [1.807, 2.05) is 30.3 Å². The number of rotatable bonds is 3. The van der Waals surface area contributed by atoms with Crippen LogP contribution < -0.4 is 10.3 Å². The minimum absolute atomic E-state index is 0.156. The zero-order chi connectivity index (χ0) is 13.1. The summed E-state index contributed by atoms with van der Waals surface area (Å²) in [5.74, 6) is 0.351. The van der Waals surface area contributed by atoms with Crippen molar-refractivity contribution in [3.05, 3.63) is 70.9 Å². The van der Waals surface area contributed by atoms with Gasteiger partial charge in [0.1, 0.15) is 6.61 Å². The summed E-state index contributed by atoms with van der Waals surface area (Å²) in [4.78, 5) is 19.9. The van der Waals surface area contributed by atoms with E-state index in [1.165, 1.54) is 22.9 Å². The van der Waals surface area contributed by atoms with E-state index in [0.717, 1.165) is 5.56 Å². The number of fused-ring (bicyclic) bond motifs is 1. The van der Waals surface area contributed by atoms with Crippen LogP contribution in [0.15, 0.2) is 59.8 Å². The molecule has 1 aromatic carbocycles. The van der Waals surface area contributed by atoms with E-state index >= 15 is 0 Å². The Morgan fingerprint density at radius 2 is 1.89 bits per heavy atom. The van der Waals surface area contributed by atoms with Crippen molar-refractivity contribution in [2.45, 2.75) is 6.61 Å². The molecular weight excluding hydrogens is 242 g/mol. The average Bonchev–Trinajstić information content (AvgIpc) is 2.47. The Morgan fingerprint density at radius 3 is 2.74 bits per heavy atom. The van der Waals surface area contributed by atoms with Gasteiger partial charge in [-0.1, -0.05) is 30.3 Å². The van der Waals surface area contributed by atoms with Gasteiger partial charge in [-0.05, 0) is 5.56 Å². The average molecular weight is 253 g/mol. The minimum atomic E-state index is -0.156. The molecule has 0 saturated carbocycles. The van der Waals surface area contributed by atoms with Crippen LogP contribution >= 0.6 is 0 Å². The lowest BCUT2D eigenvalue weighted by Gasteiger charge is -2.07.